The highest BCUT2D eigenvalue weighted by molar-refractivity contribution is 5.79. The van der Waals surface area contributed by atoms with E-state index in [1.54, 1.807) is 0 Å². The van der Waals surface area contributed by atoms with Crippen LogP contribution in [0.15, 0.2) is 0 Å². The van der Waals surface area contributed by atoms with Gasteiger partial charge >= 0.3 is 0 Å². The van der Waals surface area contributed by atoms with E-state index in [9.17, 15) is 4.79 Å². The molecule has 0 radical (unpaired) electrons. The second-order valence-corrected chi connectivity index (χ2v) is 3.73. The molecule has 76 valence electrons. The number of carbonyl (C=O) groups excluding carboxylic acids is 1. The van der Waals surface area contributed by atoms with Gasteiger partial charge < -0.3 is 10.2 Å². The zero-order valence-corrected chi connectivity index (χ0v) is 8.71. The number of nitrogens with zero attached hydrogens (tertiary/aromatic N) is 2. The fourth-order valence-corrected chi connectivity index (χ4v) is 1.68. The highest BCUT2D eigenvalue weighted by Gasteiger charge is 2.24. The van der Waals surface area contributed by atoms with E-state index in [-0.39, 0.29) is 5.91 Å². The Morgan fingerprint density at radius 2 is 2.23 bits per heavy atom. The second kappa shape index (κ2) is 4.58. The van der Waals surface area contributed by atoms with Gasteiger partial charge in [0, 0.05) is 25.7 Å². The molecule has 1 aliphatic heterocycles. The molecule has 1 aliphatic rings. The van der Waals surface area contributed by atoms with Gasteiger partial charge in [0.15, 0.2) is 0 Å². The summed E-state index contributed by atoms with van der Waals surface area (Å²) in [5.74, 6) is 0.247. The topological polar surface area (TPSA) is 35.6 Å². The van der Waals surface area contributed by atoms with Crippen LogP contribution in [-0.4, -0.2) is 62.0 Å². The first-order valence-electron chi connectivity index (χ1n) is 4.77. The molecule has 1 N–H and O–H groups in total. The fourth-order valence-electron chi connectivity index (χ4n) is 1.68. The van der Waals surface area contributed by atoms with Crippen LogP contribution in [0.2, 0.25) is 0 Å². The van der Waals surface area contributed by atoms with Crippen molar-refractivity contribution in [3.05, 3.63) is 0 Å². The van der Waals surface area contributed by atoms with Crippen LogP contribution in [0, 0.1) is 0 Å². The summed E-state index contributed by atoms with van der Waals surface area (Å²) < 4.78 is 0. The highest BCUT2D eigenvalue weighted by atomic mass is 16.2. The number of piperazine rings is 1. The highest BCUT2D eigenvalue weighted by Crippen LogP contribution is 2.05. The van der Waals surface area contributed by atoms with E-state index in [0.29, 0.717) is 12.6 Å². The van der Waals surface area contributed by atoms with Gasteiger partial charge in [-0.25, -0.2) is 0 Å². The normalized spacial score (nSPS) is 22.1. The Morgan fingerprint density at radius 3 is 2.77 bits per heavy atom. The van der Waals surface area contributed by atoms with E-state index >= 15 is 0 Å². The van der Waals surface area contributed by atoms with E-state index in [2.05, 4.69) is 17.1 Å². The van der Waals surface area contributed by atoms with Gasteiger partial charge in [0.05, 0.1) is 6.54 Å². The number of nitrogens with one attached hydrogen (secondary N) is 1. The lowest BCUT2D eigenvalue weighted by Gasteiger charge is -2.36. The number of amides is 1. The first-order chi connectivity index (χ1) is 6.15. The van der Waals surface area contributed by atoms with Crippen LogP contribution in [-0.2, 0) is 4.79 Å². The summed E-state index contributed by atoms with van der Waals surface area (Å²) in [6, 6.07) is 0.311. The molecule has 0 bridgehead atoms. The lowest BCUT2D eigenvalue weighted by Crippen LogP contribution is -2.54. The number of likely N-dealkylation sites (N-methyl/N-ethyl adjacent to an activating group) is 2. The molecule has 0 aromatic carbocycles. The van der Waals surface area contributed by atoms with Crippen LogP contribution in [0.25, 0.3) is 0 Å². The minimum absolute atomic E-state index is 0.247. The minimum Gasteiger partial charge on any atom is -0.336 e. The van der Waals surface area contributed by atoms with E-state index in [1.165, 1.54) is 0 Å². The van der Waals surface area contributed by atoms with Crippen molar-refractivity contribution < 1.29 is 4.79 Å². The number of carbonyl (C=O) groups is 1. The standard InChI is InChI=1S/C9H19N3O/c1-8(6-10-2)12-5-4-11(3)7-9(12)13/h8,10H,4-7H2,1-3H3. The first kappa shape index (κ1) is 10.5. The molecule has 1 amide bonds. The van der Waals surface area contributed by atoms with Crippen LogP contribution < -0.4 is 5.32 Å². The van der Waals surface area contributed by atoms with Crippen molar-refractivity contribution in [1.29, 1.82) is 0 Å². The summed E-state index contributed by atoms with van der Waals surface area (Å²) in [4.78, 5) is 15.6. The lowest BCUT2D eigenvalue weighted by molar-refractivity contribution is -0.137. The van der Waals surface area contributed by atoms with Gasteiger partial charge in [-0.2, -0.15) is 0 Å². The molecule has 1 unspecified atom stereocenters. The number of hydrogen-bond donors (Lipinski definition) is 1. The van der Waals surface area contributed by atoms with E-state index in [1.807, 2.05) is 19.0 Å². The van der Waals surface area contributed by atoms with Gasteiger partial charge in [0.25, 0.3) is 0 Å². The molecule has 1 fully saturated rings. The van der Waals surface area contributed by atoms with Gasteiger partial charge in [-0.15, -0.1) is 0 Å². The molecule has 1 atom stereocenters. The van der Waals surface area contributed by atoms with Crippen molar-refractivity contribution in [3.8, 4) is 0 Å². The zero-order valence-electron chi connectivity index (χ0n) is 8.71. The first-order valence-corrected chi connectivity index (χ1v) is 4.77. The maximum absolute atomic E-state index is 11.6. The third-order valence-electron chi connectivity index (χ3n) is 2.48. The molecule has 0 saturated carbocycles. The molecule has 4 nitrogen and oxygen atoms in total. The van der Waals surface area contributed by atoms with Crippen molar-refractivity contribution in [2.45, 2.75) is 13.0 Å². The van der Waals surface area contributed by atoms with Gasteiger partial charge in [-0.3, -0.25) is 9.69 Å². The summed E-state index contributed by atoms with van der Waals surface area (Å²) in [7, 11) is 3.90. The van der Waals surface area contributed by atoms with Crippen LogP contribution in [0.3, 0.4) is 0 Å². The smallest absolute Gasteiger partial charge is 0.237 e. The van der Waals surface area contributed by atoms with Crippen molar-refractivity contribution in [1.82, 2.24) is 15.1 Å². The molecule has 0 spiro atoms. The zero-order chi connectivity index (χ0) is 9.84. The molecular weight excluding hydrogens is 166 g/mol. The van der Waals surface area contributed by atoms with Crippen molar-refractivity contribution >= 4 is 5.91 Å². The van der Waals surface area contributed by atoms with Crippen LogP contribution in [0.4, 0.5) is 0 Å². The molecule has 1 heterocycles. The summed E-state index contributed by atoms with van der Waals surface area (Å²) >= 11 is 0. The Morgan fingerprint density at radius 1 is 1.54 bits per heavy atom. The van der Waals surface area contributed by atoms with Crippen LogP contribution >= 0.6 is 0 Å². The predicted molar refractivity (Wildman–Crippen MR) is 52.6 cm³/mol. The second-order valence-electron chi connectivity index (χ2n) is 3.73. The number of hydrogen-bond acceptors (Lipinski definition) is 3. The third-order valence-corrected chi connectivity index (χ3v) is 2.48. The van der Waals surface area contributed by atoms with Gasteiger partial charge in [0.1, 0.15) is 0 Å². The Kier molecular flexibility index (Phi) is 3.69. The molecule has 0 aromatic rings. The Labute approximate surface area is 79.9 Å². The molecule has 1 saturated heterocycles. The number of rotatable bonds is 3. The molecule has 1 rings (SSSR count). The Balaban J connectivity index is 2.45. The quantitative estimate of drug-likeness (QED) is 0.636. The van der Waals surface area contributed by atoms with Gasteiger partial charge in [0.2, 0.25) is 5.91 Å². The summed E-state index contributed by atoms with van der Waals surface area (Å²) in [6.07, 6.45) is 0. The molecule has 0 aliphatic carbocycles. The summed E-state index contributed by atoms with van der Waals surface area (Å²) in [5, 5.41) is 3.09. The average molecular weight is 185 g/mol. The Hall–Kier alpha value is -0.610. The largest absolute Gasteiger partial charge is 0.336 e. The average Bonchev–Trinajstić information content (AvgIpc) is 2.04. The van der Waals surface area contributed by atoms with Gasteiger partial charge in [-0.1, -0.05) is 0 Å². The van der Waals surface area contributed by atoms with E-state index in [4.69, 9.17) is 0 Å². The lowest BCUT2D eigenvalue weighted by atomic mass is 10.2. The van der Waals surface area contributed by atoms with Crippen molar-refractivity contribution in [3.63, 3.8) is 0 Å². The third kappa shape index (κ3) is 2.67. The SMILES string of the molecule is CNCC(C)N1CCN(C)CC1=O. The molecular formula is C9H19N3O. The monoisotopic (exact) mass is 185 g/mol. The van der Waals surface area contributed by atoms with Crippen LogP contribution in [0.5, 0.6) is 0 Å². The van der Waals surface area contributed by atoms with E-state index < -0.39 is 0 Å². The van der Waals surface area contributed by atoms with Crippen molar-refractivity contribution in [2.75, 3.05) is 40.3 Å². The van der Waals surface area contributed by atoms with Crippen LogP contribution in [0.1, 0.15) is 6.92 Å². The Bertz CT molecular complexity index is 184. The summed E-state index contributed by atoms with van der Waals surface area (Å²) in [6.45, 7) is 5.36. The van der Waals surface area contributed by atoms with Crippen molar-refractivity contribution in [2.24, 2.45) is 0 Å². The molecule has 0 aromatic heterocycles. The molecule has 13 heavy (non-hydrogen) atoms. The fraction of sp³-hybridized carbons (Fsp3) is 0.889. The summed E-state index contributed by atoms with van der Waals surface area (Å²) in [5.41, 5.74) is 0. The minimum atomic E-state index is 0.247. The predicted octanol–water partition coefficient (Wildman–Crippen LogP) is -0.632. The van der Waals surface area contributed by atoms with E-state index in [0.717, 1.165) is 19.6 Å². The maximum Gasteiger partial charge on any atom is 0.237 e. The maximum atomic E-state index is 11.6. The molecule has 4 heteroatoms. The van der Waals surface area contributed by atoms with Gasteiger partial charge in [-0.05, 0) is 21.0 Å².